The molecule has 0 spiro atoms. The maximum absolute atomic E-state index is 12.3. The molecule has 6 nitrogen and oxygen atoms in total. The number of rotatable bonds is 4. The minimum Gasteiger partial charge on any atom is -0.506 e. The van der Waals surface area contributed by atoms with Crippen LogP contribution in [0.2, 0.25) is 0 Å². The van der Waals surface area contributed by atoms with Crippen LogP contribution < -0.4 is 0 Å². The molecular formula is C20H14N2O4. The van der Waals surface area contributed by atoms with Gasteiger partial charge in [0.2, 0.25) is 5.82 Å². The van der Waals surface area contributed by atoms with Gasteiger partial charge in [0.25, 0.3) is 5.89 Å². The third kappa shape index (κ3) is 3.00. The molecule has 1 heterocycles. The normalized spacial score (nSPS) is 10.8. The highest BCUT2D eigenvalue weighted by molar-refractivity contribution is 6.01. The predicted molar refractivity (Wildman–Crippen MR) is 94.5 cm³/mol. The van der Waals surface area contributed by atoms with Gasteiger partial charge in [-0.15, -0.1) is 0 Å². The lowest BCUT2D eigenvalue weighted by Crippen LogP contribution is -2.06. The van der Waals surface area contributed by atoms with E-state index in [0.717, 1.165) is 10.9 Å². The van der Waals surface area contributed by atoms with Gasteiger partial charge in [0.15, 0.2) is 6.61 Å². The van der Waals surface area contributed by atoms with Gasteiger partial charge in [0, 0.05) is 10.9 Å². The van der Waals surface area contributed by atoms with E-state index in [-0.39, 0.29) is 23.8 Å². The molecule has 4 rings (SSSR count). The molecule has 0 aliphatic carbocycles. The Labute approximate surface area is 148 Å². The number of nitrogens with zero attached hydrogens (tertiary/aromatic N) is 2. The summed E-state index contributed by atoms with van der Waals surface area (Å²) in [5.74, 6) is -0.168. The summed E-state index contributed by atoms with van der Waals surface area (Å²) in [7, 11) is 0. The Kier molecular flexibility index (Phi) is 4.07. The number of hydrogen-bond acceptors (Lipinski definition) is 6. The van der Waals surface area contributed by atoms with E-state index < -0.39 is 5.97 Å². The zero-order chi connectivity index (χ0) is 17.9. The molecule has 1 aromatic heterocycles. The standard InChI is InChI=1S/C20H14N2O4/c23-18-15-9-5-4-6-13(15)10-11-16(18)20(24)25-12-17-21-19(22-26-17)14-7-2-1-3-8-14/h1-11,23H,12H2. The average molecular weight is 346 g/mol. The zero-order valence-corrected chi connectivity index (χ0v) is 13.6. The van der Waals surface area contributed by atoms with E-state index in [4.69, 9.17) is 9.26 Å². The van der Waals surface area contributed by atoms with Crippen molar-refractivity contribution in [2.45, 2.75) is 6.61 Å². The second kappa shape index (κ2) is 6.68. The lowest BCUT2D eigenvalue weighted by Gasteiger charge is -2.07. The number of hydrogen-bond donors (Lipinski definition) is 1. The van der Waals surface area contributed by atoms with Gasteiger partial charge < -0.3 is 14.4 Å². The fraction of sp³-hybridized carbons (Fsp3) is 0.0500. The van der Waals surface area contributed by atoms with Crippen molar-refractivity contribution in [2.75, 3.05) is 0 Å². The highest BCUT2D eigenvalue weighted by Gasteiger charge is 2.17. The molecule has 26 heavy (non-hydrogen) atoms. The molecule has 0 saturated carbocycles. The van der Waals surface area contributed by atoms with Crippen LogP contribution in [0.3, 0.4) is 0 Å². The first-order chi connectivity index (χ1) is 12.7. The van der Waals surface area contributed by atoms with Crippen molar-refractivity contribution in [2.24, 2.45) is 0 Å². The van der Waals surface area contributed by atoms with E-state index in [1.807, 2.05) is 42.5 Å². The number of aromatic nitrogens is 2. The predicted octanol–water partition coefficient (Wildman–Crippen LogP) is 3.95. The molecule has 0 aliphatic heterocycles. The lowest BCUT2D eigenvalue weighted by atomic mass is 10.1. The number of phenols is 1. The summed E-state index contributed by atoms with van der Waals surface area (Å²) >= 11 is 0. The second-order valence-corrected chi connectivity index (χ2v) is 5.64. The van der Waals surface area contributed by atoms with Crippen LogP contribution in [0, 0.1) is 0 Å². The van der Waals surface area contributed by atoms with Crippen molar-refractivity contribution in [3.05, 3.63) is 78.2 Å². The molecule has 4 aromatic rings. The molecule has 6 heteroatoms. The van der Waals surface area contributed by atoms with E-state index >= 15 is 0 Å². The summed E-state index contributed by atoms with van der Waals surface area (Å²) in [5, 5.41) is 15.6. The third-order valence-electron chi connectivity index (χ3n) is 3.95. The van der Waals surface area contributed by atoms with Gasteiger partial charge in [-0.3, -0.25) is 0 Å². The van der Waals surface area contributed by atoms with Crippen LogP contribution in [0.15, 0.2) is 71.3 Å². The molecule has 1 N–H and O–H groups in total. The van der Waals surface area contributed by atoms with Crippen molar-refractivity contribution in [3.63, 3.8) is 0 Å². The number of carbonyl (C=O) groups is 1. The van der Waals surface area contributed by atoms with Gasteiger partial charge in [0.05, 0.1) is 0 Å². The number of carbonyl (C=O) groups excluding carboxylic acids is 1. The molecule has 0 atom stereocenters. The van der Waals surface area contributed by atoms with E-state index in [9.17, 15) is 9.90 Å². The molecular weight excluding hydrogens is 332 g/mol. The van der Waals surface area contributed by atoms with Crippen molar-refractivity contribution >= 4 is 16.7 Å². The Morgan fingerprint density at radius 2 is 1.77 bits per heavy atom. The molecule has 0 fully saturated rings. The van der Waals surface area contributed by atoms with Crippen molar-refractivity contribution in [3.8, 4) is 17.1 Å². The Morgan fingerprint density at radius 3 is 2.62 bits per heavy atom. The van der Waals surface area contributed by atoms with Gasteiger partial charge in [-0.2, -0.15) is 4.98 Å². The highest BCUT2D eigenvalue weighted by atomic mass is 16.6. The van der Waals surface area contributed by atoms with Crippen molar-refractivity contribution in [1.82, 2.24) is 10.1 Å². The first kappa shape index (κ1) is 15.8. The quantitative estimate of drug-likeness (QED) is 0.563. The third-order valence-corrected chi connectivity index (χ3v) is 3.95. The molecule has 3 aromatic carbocycles. The average Bonchev–Trinajstić information content (AvgIpc) is 3.16. The van der Waals surface area contributed by atoms with Crippen LogP contribution in [-0.4, -0.2) is 21.2 Å². The zero-order valence-electron chi connectivity index (χ0n) is 13.6. The van der Waals surface area contributed by atoms with Crippen LogP contribution in [-0.2, 0) is 11.3 Å². The van der Waals surface area contributed by atoms with Crippen LogP contribution in [0.25, 0.3) is 22.2 Å². The van der Waals surface area contributed by atoms with E-state index in [2.05, 4.69) is 10.1 Å². The smallest absolute Gasteiger partial charge is 0.342 e. The number of aromatic hydroxyl groups is 1. The van der Waals surface area contributed by atoms with Gasteiger partial charge in [-0.05, 0) is 11.5 Å². The number of esters is 1. The first-order valence-electron chi connectivity index (χ1n) is 7.98. The second-order valence-electron chi connectivity index (χ2n) is 5.64. The molecule has 0 radical (unpaired) electrons. The lowest BCUT2D eigenvalue weighted by molar-refractivity contribution is 0.0427. The SMILES string of the molecule is O=C(OCc1nc(-c2ccccc2)no1)c1ccc2ccccc2c1O. The van der Waals surface area contributed by atoms with Crippen molar-refractivity contribution < 1.29 is 19.2 Å². The summed E-state index contributed by atoms with van der Waals surface area (Å²) in [5.41, 5.74) is 0.896. The number of benzene rings is 3. The van der Waals surface area contributed by atoms with Gasteiger partial charge >= 0.3 is 5.97 Å². The summed E-state index contributed by atoms with van der Waals surface area (Å²) in [6, 6.07) is 19.9. The Bertz CT molecular complexity index is 1070. The minimum absolute atomic E-state index is 0.0894. The molecule has 0 unspecified atom stereocenters. The monoisotopic (exact) mass is 346 g/mol. The Morgan fingerprint density at radius 1 is 1.00 bits per heavy atom. The molecule has 0 amide bonds. The number of ether oxygens (including phenoxy) is 1. The fourth-order valence-corrected chi connectivity index (χ4v) is 2.64. The molecule has 0 bridgehead atoms. The fourth-order valence-electron chi connectivity index (χ4n) is 2.64. The largest absolute Gasteiger partial charge is 0.506 e. The van der Waals surface area contributed by atoms with Crippen LogP contribution in [0.1, 0.15) is 16.2 Å². The van der Waals surface area contributed by atoms with E-state index in [0.29, 0.717) is 11.2 Å². The summed E-state index contributed by atoms with van der Waals surface area (Å²) in [6.45, 7) is -0.176. The van der Waals surface area contributed by atoms with Gasteiger partial charge in [0.1, 0.15) is 11.3 Å². The maximum Gasteiger partial charge on any atom is 0.342 e. The van der Waals surface area contributed by atoms with Crippen LogP contribution >= 0.6 is 0 Å². The maximum atomic E-state index is 12.3. The van der Waals surface area contributed by atoms with Crippen LogP contribution in [0.5, 0.6) is 5.75 Å². The Hall–Kier alpha value is -3.67. The number of phenolic OH excluding ortho intramolecular Hbond substituents is 1. The number of fused-ring (bicyclic) bond motifs is 1. The first-order valence-corrected chi connectivity index (χ1v) is 7.98. The minimum atomic E-state index is -0.660. The molecule has 0 aliphatic rings. The van der Waals surface area contributed by atoms with Gasteiger partial charge in [-0.1, -0.05) is 65.8 Å². The highest BCUT2D eigenvalue weighted by Crippen LogP contribution is 2.29. The van der Waals surface area contributed by atoms with Crippen molar-refractivity contribution in [1.29, 1.82) is 0 Å². The summed E-state index contributed by atoms with van der Waals surface area (Å²) in [6.07, 6.45) is 0. The van der Waals surface area contributed by atoms with E-state index in [1.54, 1.807) is 18.2 Å². The summed E-state index contributed by atoms with van der Waals surface area (Å²) < 4.78 is 10.3. The molecule has 128 valence electrons. The summed E-state index contributed by atoms with van der Waals surface area (Å²) in [4.78, 5) is 16.5. The molecule has 0 saturated heterocycles. The Balaban J connectivity index is 1.49. The topological polar surface area (TPSA) is 85.5 Å². The van der Waals surface area contributed by atoms with E-state index in [1.165, 1.54) is 6.07 Å². The van der Waals surface area contributed by atoms with Gasteiger partial charge in [-0.25, -0.2) is 4.79 Å². The van der Waals surface area contributed by atoms with Crippen LogP contribution in [0.4, 0.5) is 0 Å².